The molecule has 0 radical (unpaired) electrons. The smallest absolute Gasteiger partial charge is 0.295 e. The van der Waals surface area contributed by atoms with Gasteiger partial charge in [-0.1, -0.05) is 37.7 Å². The molecule has 0 bridgehead atoms. The number of pyridine rings is 1. The highest BCUT2D eigenvalue weighted by molar-refractivity contribution is 6.46. The molecule has 2 aliphatic rings. The van der Waals surface area contributed by atoms with Crippen molar-refractivity contribution in [3.63, 3.8) is 0 Å². The van der Waals surface area contributed by atoms with Gasteiger partial charge in [-0.05, 0) is 54.3 Å². The average molecular weight is 559 g/mol. The highest BCUT2D eigenvalue weighted by atomic mass is 16.6. The summed E-state index contributed by atoms with van der Waals surface area (Å²) < 4.78 is 23.1. The Bertz CT molecular complexity index is 1440. The lowest BCUT2D eigenvalue weighted by Gasteiger charge is -2.28. The number of ketones is 1. The van der Waals surface area contributed by atoms with Crippen molar-refractivity contribution < 1.29 is 38.6 Å². The Kier molecular flexibility index (Phi) is 8.72. The number of hydrogen-bond donors (Lipinski definition) is 0. The molecule has 0 spiro atoms. The number of carbonyl (C=O) groups is 2. The van der Waals surface area contributed by atoms with E-state index in [1.165, 1.54) is 4.90 Å². The van der Waals surface area contributed by atoms with Crippen LogP contribution in [0.3, 0.4) is 0 Å². The van der Waals surface area contributed by atoms with Gasteiger partial charge in [0, 0.05) is 24.3 Å². The maximum Gasteiger partial charge on any atom is 0.295 e. The van der Waals surface area contributed by atoms with Crippen molar-refractivity contribution in [3.05, 3.63) is 83.2 Å². The number of rotatable bonds is 11. The van der Waals surface area contributed by atoms with Crippen molar-refractivity contribution in [2.75, 3.05) is 26.4 Å². The summed E-state index contributed by atoms with van der Waals surface area (Å²) in [5.41, 5.74) is 1.52. The number of hydrogen-bond acceptors (Lipinski definition) is 7. The number of nitrogens with one attached hydrogen (secondary N) is 1. The van der Waals surface area contributed by atoms with Crippen LogP contribution in [0.5, 0.6) is 23.0 Å². The molecular weight excluding hydrogens is 524 g/mol. The summed E-state index contributed by atoms with van der Waals surface area (Å²) in [4.78, 5) is 31.4. The van der Waals surface area contributed by atoms with Crippen LogP contribution in [0.1, 0.15) is 55.8 Å². The molecule has 9 nitrogen and oxygen atoms in total. The van der Waals surface area contributed by atoms with Crippen LogP contribution >= 0.6 is 0 Å². The Morgan fingerprint density at radius 3 is 2.49 bits per heavy atom. The average Bonchev–Trinajstić information content (AvgIpc) is 3.25. The van der Waals surface area contributed by atoms with Crippen molar-refractivity contribution in [1.82, 2.24) is 4.90 Å². The van der Waals surface area contributed by atoms with Crippen LogP contribution in [-0.2, 0) is 16.1 Å². The predicted octanol–water partition coefficient (Wildman–Crippen LogP) is 3.66. The molecule has 214 valence electrons. The van der Waals surface area contributed by atoms with Crippen molar-refractivity contribution in [1.29, 1.82) is 0 Å². The van der Waals surface area contributed by atoms with Crippen LogP contribution in [0, 0.1) is 0 Å². The first-order valence-electron chi connectivity index (χ1n) is 14.0. The fourth-order valence-corrected chi connectivity index (χ4v) is 5.06. The Morgan fingerprint density at radius 2 is 1.73 bits per heavy atom. The van der Waals surface area contributed by atoms with E-state index in [-0.39, 0.29) is 17.7 Å². The normalized spacial score (nSPS) is 17.5. The molecule has 1 N–H and O–H groups in total. The number of carbonyl (C=O) groups excluding carboxylic acids is 2. The fourth-order valence-electron chi connectivity index (χ4n) is 5.06. The number of fused-ring (bicyclic) bond motifs is 1. The van der Waals surface area contributed by atoms with Gasteiger partial charge in [-0.15, -0.1) is 0 Å². The second-order valence-electron chi connectivity index (χ2n) is 9.87. The number of benzene rings is 2. The zero-order valence-electron chi connectivity index (χ0n) is 23.3. The summed E-state index contributed by atoms with van der Waals surface area (Å²) in [6.45, 7) is 5.86. The number of nitrogens with zero attached hydrogens (tertiary/aromatic N) is 1. The van der Waals surface area contributed by atoms with E-state index in [0.29, 0.717) is 55.0 Å². The summed E-state index contributed by atoms with van der Waals surface area (Å²) in [6.07, 6.45) is 6.54. The maximum absolute atomic E-state index is 14.0. The molecule has 1 fully saturated rings. The van der Waals surface area contributed by atoms with Gasteiger partial charge in [-0.25, -0.2) is 4.98 Å². The molecule has 1 aromatic heterocycles. The molecule has 0 saturated carbocycles. The number of aromatic amines is 1. The van der Waals surface area contributed by atoms with E-state index in [9.17, 15) is 14.7 Å². The van der Waals surface area contributed by atoms with E-state index in [1.54, 1.807) is 48.8 Å². The zero-order valence-corrected chi connectivity index (χ0v) is 23.3. The van der Waals surface area contributed by atoms with Gasteiger partial charge in [-0.2, -0.15) is 0 Å². The Morgan fingerprint density at radius 1 is 0.951 bits per heavy atom. The molecule has 2 aliphatic heterocycles. The van der Waals surface area contributed by atoms with Gasteiger partial charge in [0.15, 0.2) is 35.4 Å². The largest absolute Gasteiger partial charge is 0.872 e. The lowest BCUT2D eigenvalue weighted by atomic mass is 9.94. The number of Topliss-reactive ketones (excluding diaryl/α,β-unsaturated/α-hetero) is 1. The maximum atomic E-state index is 14.0. The van der Waals surface area contributed by atoms with E-state index in [1.807, 2.05) is 19.1 Å². The molecule has 5 rings (SSSR count). The SMILES string of the molecule is CCCCCOc1ccc(C2C(=C([O-])c3ccc4c(c3)OCCO4)C(=O)C(=O)N2Cc2cc[nH+]cc2)cc1OCC. The predicted molar refractivity (Wildman–Crippen MR) is 148 cm³/mol. The Labute approximate surface area is 239 Å². The number of H-pyrrole nitrogens is 1. The lowest BCUT2D eigenvalue weighted by molar-refractivity contribution is -0.378. The molecule has 41 heavy (non-hydrogen) atoms. The molecule has 1 amide bonds. The minimum absolute atomic E-state index is 0.117. The van der Waals surface area contributed by atoms with E-state index >= 15 is 0 Å². The van der Waals surface area contributed by atoms with Crippen LogP contribution in [0.2, 0.25) is 0 Å². The minimum atomic E-state index is -0.923. The lowest BCUT2D eigenvalue weighted by Crippen LogP contribution is -2.29. The van der Waals surface area contributed by atoms with Crippen molar-refractivity contribution in [2.24, 2.45) is 0 Å². The van der Waals surface area contributed by atoms with Crippen molar-refractivity contribution in [3.8, 4) is 23.0 Å². The number of unbranched alkanes of at least 4 members (excludes halogenated alkanes) is 2. The number of ether oxygens (including phenoxy) is 4. The van der Waals surface area contributed by atoms with Crippen molar-refractivity contribution >= 4 is 17.4 Å². The zero-order chi connectivity index (χ0) is 28.8. The first-order valence-corrected chi connectivity index (χ1v) is 14.0. The summed E-state index contributed by atoms with van der Waals surface area (Å²) in [5.74, 6) is -0.0667. The summed E-state index contributed by atoms with van der Waals surface area (Å²) in [7, 11) is 0. The first-order chi connectivity index (χ1) is 20.0. The highest BCUT2D eigenvalue weighted by Crippen LogP contribution is 2.43. The third-order valence-electron chi connectivity index (χ3n) is 7.06. The van der Waals surface area contributed by atoms with Gasteiger partial charge >= 0.3 is 0 Å². The van der Waals surface area contributed by atoms with E-state index < -0.39 is 23.5 Å². The Hall–Kier alpha value is -4.53. The molecule has 1 saturated heterocycles. The van der Waals surface area contributed by atoms with E-state index in [0.717, 1.165) is 24.8 Å². The third-order valence-corrected chi connectivity index (χ3v) is 7.06. The number of amides is 1. The summed E-state index contributed by atoms with van der Waals surface area (Å²) in [6, 6.07) is 12.9. The van der Waals surface area contributed by atoms with Crippen LogP contribution in [-0.4, -0.2) is 43.0 Å². The van der Waals surface area contributed by atoms with Gasteiger partial charge in [0.1, 0.15) is 13.2 Å². The van der Waals surface area contributed by atoms with Crippen LogP contribution in [0.15, 0.2) is 66.5 Å². The summed E-state index contributed by atoms with van der Waals surface area (Å²) in [5, 5.41) is 14.0. The molecule has 1 atom stereocenters. The van der Waals surface area contributed by atoms with Gasteiger partial charge in [-0.3, -0.25) is 9.59 Å². The second kappa shape index (κ2) is 12.8. The van der Waals surface area contributed by atoms with Crippen LogP contribution in [0.4, 0.5) is 0 Å². The monoisotopic (exact) mass is 558 g/mol. The topological polar surface area (TPSA) is 111 Å². The standard InChI is InChI=1S/C32H34N2O7/c1-3-5-6-15-39-24-9-7-22(18-26(24)38-4-2)29-28(30(35)23-8-10-25-27(19-23)41-17-16-40-25)31(36)32(37)34(29)20-21-11-13-33-14-12-21/h7-14,18-19,29,35H,3-6,15-17,20H2,1-2H3. The molecule has 1 unspecified atom stereocenters. The van der Waals surface area contributed by atoms with Crippen LogP contribution < -0.4 is 29.0 Å². The van der Waals surface area contributed by atoms with Gasteiger partial charge < -0.3 is 29.0 Å². The molecule has 0 aliphatic carbocycles. The number of likely N-dealkylation sites (tertiary alicyclic amines) is 1. The second-order valence-corrected chi connectivity index (χ2v) is 9.87. The van der Waals surface area contributed by atoms with Crippen molar-refractivity contribution in [2.45, 2.75) is 45.7 Å². The molecule has 3 aromatic rings. The fraction of sp³-hybridized carbons (Fsp3) is 0.344. The highest BCUT2D eigenvalue weighted by Gasteiger charge is 2.44. The van der Waals surface area contributed by atoms with E-state index in [2.05, 4.69) is 11.9 Å². The molecule has 9 heteroatoms. The first kappa shape index (κ1) is 28.0. The molecule has 2 aromatic carbocycles. The van der Waals surface area contributed by atoms with Gasteiger partial charge in [0.2, 0.25) is 5.78 Å². The number of aromatic nitrogens is 1. The third kappa shape index (κ3) is 5.99. The van der Waals surface area contributed by atoms with E-state index in [4.69, 9.17) is 18.9 Å². The summed E-state index contributed by atoms with van der Waals surface area (Å²) >= 11 is 0. The molecular formula is C32H34N2O7. The quantitative estimate of drug-likeness (QED) is 0.153. The Balaban J connectivity index is 1.59. The minimum Gasteiger partial charge on any atom is -0.872 e. The molecule has 3 heterocycles. The van der Waals surface area contributed by atoms with Gasteiger partial charge in [0.25, 0.3) is 5.91 Å². The van der Waals surface area contributed by atoms with Gasteiger partial charge in [0.05, 0.1) is 19.3 Å². The van der Waals surface area contributed by atoms with Crippen LogP contribution in [0.25, 0.3) is 5.76 Å².